The van der Waals surface area contributed by atoms with Crippen molar-refractivity contribution in [2.24, 2.45) is 5.92 Å². The van der Waals surface area contributed by atoms with Gasteiger partial charge in [-0.1, -0.05) is 17.7 Å². The summed E-state index contributed by atoms with van der Waals surface area (Å²) in [5.41, 5.74) is 2.43. The van der Waals surface area contributed by atoms with Crippen molar-refractivity contribution in [3.05, 3.63) is 28.8 Å². The van der Waals surface area contributed by atoms with Gasteiger partial charge in [0.05, 0.1) is 0 Å². The van der Waals surface area contributed by atoms with Crippen LogP contribution in [0.5, 0.6) is 0 Å². The Labute approximate surface area is 108 Å². The van der Waals surface area contributed by atoms with Crippen LogP contribution < -0.4 is 10.2 Å². The Morgan fingerprint density at radius 2 is 2.18 bits per heavy atom. The highest BCUT2D eigenvalue weighted by Gasteiger charge is 2.34. The largest absolute Gasteiger partial charge is 0.369 e. The SMILES string of the molecule is Cc1ccc(N2CCNC(C3CC3)C2)cc1Cl. The van der Waals surface area contributed by atoms with Crippen LogP contribution in [-0.2, 0) is 0 Å². The average molecular weight is 251 g/mol. The predicted octanol–water partition coefficient (Wildman–Crippen LogP) is 2.84. The van der Waals surface area contributed by atoms with Crippen molar-refractivity contribution in [2.75, 3.05) is 24.5 Å². The number of halogens is 1. The van der Waals surface area contributed by atoms with E-state index in [9.17, 15) is 0 Å². The highest BCUT2D eigenvalue weighted by molar-refractivity contribution is 6.31. The van der Waals surface area contributed by atoms with Gasteiger partial charge >= 0.3 is 0 Å². The monoisotopic (exact) mass is 250 g/mol. The minimum atomic E-state index is 0.684. The standard InChI is InChI=1S/C14H19ClN2/c1-10-2-5-12(8-13(10)15)17-7-6-16-14(9-17)11-3-4-11/h2,5,8,11,14,16H,3-4,6-7,9H2,1H3. The Morgan fingerprint density at radius 3 is 2.88 bits per heavy atom. The number of benzene rings is 1. The second-order valence-corrected chi connectivity index (χ2v) is 5.68. The topological polar surface area (TPSA) is 15.3 Å². The third-order valence-electron chi connectivity index (χ3n) is 3.92. The molecular weight excluding hydrogens is 232 g/mol. The van der Waals surface area contributed by atoms with Gasteiger partial charge in [0.1, 0.15) is 0 Å². The van der Waals surface area contributed by atoms with Crippen LogP contribution in [0.25, 0.3) is 0 Å². The zero-order valence-corrected chi connectivity index (χ0v) is 11.0. The van der Waals surface area contributed by atoms with E-state index in [-0.39, 0.29) is 0 Å². The van der Waals surface area contributed by atoms with Crippen LogP contribution in [0, 0.1) is 12.8 Å². The molecule has 1 aromatic rings. The maximum absolute atomic E-state index is 6.20. The number of nitrogens with zero attached hydrogens (tertiary/aromatic N) is 1. The molecule has 1 saturated heterocycles. The summed E-state index contributed by atoms with van der Waals surface area (Å²) in [7, 11) is 0. The van der Waals surface area contributed by atoms with E-state index in [4.69, 9.17) is 11.6 Å². The first-order valence-corrected chi connectivity index (χ1v) is 6.86. The first-order valence-electron chi connectivity index (χ1n) is 6.48. The maximum atomic E-state index is 6.20. The number of anilines is 1. The van der Waals surface area contributed by atoms with E-state index in [1.54, 1.807) is 0 Å². The third kappa shape index (κ3) is 2.43. The van der Waals surface area contributed by atoms with Gasteiger partial charge in [0.2, 0.25) is 0 Å². The fourth-order valence-corrected chi connectivity index (χ4v) is 2.78. The normalized spacial score (nSPS) is 25.1. The fourth-order valence-electron chi connectivity index (χ4n) is 2.61. The van der Waals surface area contributed by atoms with Gasteiger partial charge in [-0.2, -0.15) is 0 Å². The van der Waals surface area contributed by atoms with E-state index in [2.05, 4.69) is 35.3 Å². The Kier molecular flexibility index (Phi) is 3.01. The van der Waals surface area contributed by atoms with Crippen molar-refractivity contribution in [2.45, 2.75) is 25.8 Å². The number of hydrogen-bond donors (Lipinski definition) is 1. The molecule has 1 N–H and O–H groups in total. The molecule has 0 amide bonds. The van der Waals surface area contributed by atoms with Crippen LogP contribution in [0.1, 0.15) is 18.4 Å². The molecule has 3 heteroatoms. The molecule has 3 rings (SSSR count). The molecule has 1 aromatic carbocycles. The number of nitrogens with one attached hydrogen (secondary N) is 1. The molecule has 1 unspecified atom stereocenters. The highest BCUT2D eigenvalue weighted by atomic mass is 35.5. The van der Waals surface area contributed by atoms with Gasteiger partial charge in [-0.05, 0) is 43.4 Å². The van der Waals surface area contributed by atoms with Crippen LogP contribution in [0.2, 0.25) is 5.02 Å². The summed E-state index contributed by atoms with van der Waals surface area (Å²) >= 11 is 6.20. The van der Waals surface area contributed by atoms with Crippen LogP contribution in [0.3, 0.4) is 0 Å². The van der Waals surface area contributed by atoms with Crippen LogP contribution in [0.4, 0.5) is 5.69 Å². The van der Waals surface area contributed by atoms with Crippen molar-refractivity contribution in [3.8, 4) is 0 Å². The number of rotatable bonds is 2. The van der Waals surface area contributed by atoms with E-state index in [1.807, 2.05) is 0 Å². The van der Waals surface area contributed by atoms with Crippen molar-refractivity contribution < 1.29 is 0 Å². The van der Waals surface area contributed by atoms with Gasteiger partial charge in [-0.3, -0.25) is 0 Å². The summed E-state index contributed by atoms with van der Waals surface area (Å²) in [6, 6.07) is 7.10. The lowest BCUT2D eigenvalue weighted by molar-refractivity contribution is 0.419. The smallest absolute Gasteiger partial charge is 0.0455 e. The maximum Gasteiger partial charge on any atom is 0.0455 e. The van der Waals surface area contributed by atoms with Crippen LogP contribution in [-0.4, -0.2) is 25.7 Å². The molecule has 17 heavy (non-hydrogen) atoms. The highest BCUT2D eigenvalue weighted by Crippen LogP contribution is 2.34. The number of hydrogen-bond acceptors (Lipinski definition) is 2. The van der Waals surface area contributed by atoms with Crippen molar-refractivity contribution in [1.29, 1.82) is 0 Å². The quantitative estimate of drug-likeness (QED) is 0.869. The molecule has 1 aliphatic carbocycles. The van der Waals surface area contributed by atoms with Gasteiger partial charge in [0, 0.05) is 36.4 Å². The Balaban J connectivity index is 1.75. The molecule has 1 saturated carbocycles. The van der Waals surface area contributed by atoms with Gasteiger partial charge in [0.15, 0.2) is 0 Å². The lowest BCUT2D eigenvalue weighted by Crippen LogP contribution is -2.51. The average Bonchev–Trinajstić information content (AvgIpc) is 3.17. The molecule has 1 heterocycles. The van der Waals surface area contributed by atoms with Gasteiger partial charge in [0.25, 0.3) is 0 Å². The molecular formula is C14H19ClN2. The van der Waals surface area contributed by atoms with Gasteiger partial charge < -0.3 is 10.2 Å². The van der Waals surface area contributed by atoms with Crippen molar-refractivity contribution >= 4 is 17.3 Å². The van der Waals surface area contributed by atoms with Crippen LogP contribution in [0.15, 0.2) is 18.2 Å². The van der Waals surface area contributed by atoms with Crippen LogP contribution >= 0.6 is 11.6 Å². The second kappa shape index (κ2) is 4.51. The Morgan fingerprint density at radius 1 is 1.35 bits per heavy atom. The summed E-state index contributed by atoms with van der Waals surface area (Å²) in [5.74, 6) is 0.915. The summed E-state index contributed by atoms with van der Waals surface area (Å²) in [4.78, 5) is 2.46. The Bertz CT molecular complexity index is 415. The molecule has 0 bridgehead atoms. The lowest BCUT2D eigenvalue weighted by Gasteiger charge is -2.35. The van der Waals surface area contributed by atoms with E-state index in [1.165, 1.54) is 18.5 Å². The zero-order chi connectivity index (χ0) is 11.8. The fraction of sp³-hybridized carbons (Fsp3) is 0.571. The molecule has 2 nitrogen and oxygen atoms in total. The van der Waals surface area contributed by atoms with Gasteiger partial charge in [-0.15, -0.1) is 0 Å². The Hall–Kier alpha value is -0.730. The molecule has 0 aromatic heterocycles. The molecule has 1 atom stereocenters. The molecule has 0 spiro atoms. The number of piperazine rings is 1. The predicted molar refractivity (Wildman–Crippen MR) is 72.9 cm³/mol. The molecule has 2 aliphatic rings. The van der Waals surface area contributed by atoms with Gasteiger partial charge in [-0.25, -0.2) is 0 Å². The van der Waals surface area contributed by atoms with Crippen molar-refractivity contribution in [1.82, 2.24) is 5.32 Å². The molecule has 2 fully saturated rings. The molecule has 92 valence electrons. The van der Waals surface area contributed by atoms with E-state index in [0.717, 1.165) is 36.1 Å². The number of aryl methyl sites for hydroxylation is 1. The summed E-state index contributed by atoms with van der Waals surface area (Å²) in [5, 5.41) is 4.51. The van der Waals surface area contributed by atoms with E-state index >= 15 is 0 Å². The molecule has 1 aliphatic heterocycles. The van der Waals surface area contributed by atoms with E-state index < -0.39 is 0 Å². The lowest BCUT2D eigenvalue weighted by atomic mass is 10.1. The summed E-state index contributed by atoms with van der Waals surface area (Å²) < 4.78 is 0. The third-order valence-corrected chi connectivity index (χ3v) is 4.32. The summed E-state index contributed by atoms with van der Waals surface area (Å²) in [6.45, 7) is 5.36. The summed E-state index contributed by atoms with van der Waals surface area (Å²) in [6.07, 6.45) is 2.81. The first kappa shape index (κ1) is 11.4. The minimum Gasteiger partial charge on any atom is -0.369 e. The minimum absolute atomic E-state index is 0.684. The van der Waals surface area contributed by atoms with Crippen molar-refractivity contribution in [3.63, 3.8) is 0 Å². The second-order valence-electron chi connectivity index (χ2n) is 5.28. The molecule has 0 radical (unpaired) electrons. The van der Waals surface area contributed by atoms with E-state index in [0.29, 0.717) is 6.04 Å². The first-order chi connectivity index (χ1) is 8.24. The zero-order valence-electron chi connectivity index (χ0n) is 10.2.